The van der Waals surface area contributed by atoms with Crippen molar-refractivity contribution in [2.24, 2.45) is 0 Å². The molecule has 0 unspecified atom stereocenters. The van der Waals surface area contributed by atoms with Gasteiger partial charge < -0.3 is 9.05 Å². The van der Waals surface area contributed by atoms with Crippen molar-refractivity contribution in [1.82, 2.24) is 0 Å². The van der Waals surface area contributed by atoms with E-state index in [9.17, 15) is 4.57 Å². The molecular weight excluding hydrogens is 439 g/mol. The molecule has 182 valence electrons. The predicted octanol–water partition coefficient (Wildman–Crippen LogP) is 8.47. The molecule has 4 heteroatoms. The van der Waals surface area contributed by atoms with Crippen molar-refractivity contribution in [2.75, 3.05) is 0 Å². The van der Waals surface area contributed by atoms with Gasteiger partial charge in [-0.1, -0.05) is 95.8 Å². The molecule has 34 heavy (non-hydrogen) atoms. The van der Waals surface area contributed by atoms with E-state index in [1.165, 1.54) is 11.1 Å². The molecule has 0 bridgehead atoms. The molecule has 3 rings (SSSR count). The average molecular weight is 479 g/mol. The van der Waals surface area contributed by atoms with E-state index in [0.29, 0.717) is 16.8 Å². The summed E-state index contributed by atoms with van der Waals surface area (Å²) in [6, 6.07) is 21.5. The molecule has 3 aromatic carbocycles. The monoisotopic (exact) mass is 478 g/mol. The molecule has 0 aliphatic carbocycles. The molecule has 0 N–H and O–H groups in total. The fourth-order valence-electron chi connectivity index (χ4n) is 4.46. The van der Waals surface area contributed by atoms with Crippen LogP contribution in [-0.4, -0.2) is 0 Å². The maximum atomic E-state index is 14.6. The van der Waals surface area contributed by atoms with E-state index in [-0.39, 0.29) is 0 Å². The van der Waals surface area contributed by atoms with Gasteiger partial charge in [0.05, 0.1) is 5.30 Å². The van der Waals surface area contributed by atoms with Crippen LogP contribution in [0.1, 0.15) is 75.6 Å². The molecule has 0 amide bonds. The van der Waals surface area contributed by atoms with Crippen LogP contribution >= 0.6 is 7.60 Å². The van der Waals surface area contributed by atoms with Gasteiger partial charge in [-0.3, -0.25) is 0 Å². The lowest BCUT2D eigenvalue weighted by Gasteiger charge is -2.24. The number of rotatable bonds is 13. The first-order valence-electron chi connectivity index (χ1n) is 12.8. The largest absolute Gasteiger partial charge is 0.462 e. The second kappa shape index (κ2) is 12.8. The standard InChI is InChI=1S/C30H39O3P/c1-5-14-24-18-12-22-29(27(24)16-7-3)32-34(31,26-20-10-9-11-21-26)33-30-23-13-19-25(15-6-2)28(30)17-8-4/h9-13,18-23H,5-8,14-17H2,1-4H3. The van der Waals surface area contributed by atoms with Gasteiger partial charge in [0.25, 0.3) is 0 Å². The molecule has 0 radical (unpaired) electrons. The first-order chi connectivity index (χ1) is 16.6. The summed E-state index contributed by atoms with van der Waals surface area (Å²) in [6.45, 7) is 8.69. The van der Waals surface area contributed by atoms with E-state index < -0.39 is 7.60 Å². The first-order valence-corrected chi connectivity index (χ1v) is 14.4. The quantitative estimate of drug-likeness (QED) is 0.231. The van der Waals surface area contributed by atoms with Crippen LogP contribution in [0, 0.1) is 0 Å². The fraction of sp³-hybridized carbons (Fsp3) is 0.400. The summed E-state index contributed by atoms with van der Waals surface area (Å²) in [5.41, 5.74) is 4.80. The number of hydrogen-bond donors (Lipinski definition) is 0. The van der Waals surface area contributed by atoms with Crippen molar-refractivity contribution >= 4 is 12.9 Å². The lowest BCUT2D eigenvalue weighted by atomic mass is 9.99. The minimum atomic E-state index is -3.69. The highest BCUT2D eigenvalue weighted by atomic mass is 31.2. The van der Waals surface area contributed by atoms with E-state index in [4.69, 9.17) is 9.05 Å². The Bertz CT molecular complexity index is 1030. The van der Waals surface area contributed by atoms with Crippen LogP contribution < -0.4 is 14.4 Å². The van der Waals surface area contributed by atoms with Crippen molar-refractivity contribution in [3.05, 3.63) is 89.0 Å². The van der Waals surface area contributed by atoms with Crippen molar-refractivity contribution in [1.29, 1.82) is 0 Å². The third kappa shape index (κ3) is 6.33. The van der Waals surface area contributed by atoms with Crippen molar-refractivity contribution in [2.45, 2.75) is 79.1 Å². The smallest absolute Gasteiger partial charge is 0.413 e. The highest BCUT2D eigenvalue weighted by Gasteiger charge is 2.33. The lowest BCUT2D eigenvalue weighted by Crippen LogP contribution is -2.16. The minimum absolute atomic E-state index is 0.571. The van der Waals surface area contributed by atoms with E-state index >= 15 is 0 Å². The Hall–Kier alpha value is -2.51. The Morgan fingerprint density at radius 2 is 1.00 bits per heavy atom. The molecular formula is C30H39O3P. The molecule has 0 saturated carbocycles. The van der Waals surface area contributed by atoms with Gasteiger partial charge in [0.1, 0.15) is 11.5 Å². The Morgan fingerprint density at radius 1 is 0.559 bits per heavy atom. The minimum Gasteiger partial charge on any atom is -0.413 e. The van der Waals surface area contributed by atoms with Crippen molar-refractivity contribution in [3.8, 4) is 11.5 Å². The topological polar surface area (TPSA) is 35.5 Å². The fourth-order valence-corrected chi connectivity index (χ4v) is 6.11. The molecule has 0 aromatic heterocycles. The van der Waals surface area contributed by atoms with Crippen LogP contribution in [0.25, 0.3) is 0 Å². The summed E-state index contributed by atoms with van der Waals surface area (Å²) in [7, 11) is -3.69. The van der Waals surface area contributed by atoms with Crippen LogP contribution in [0.3, 0.4) is 0 Å². The van der Waals surface area contributed by atoms with Gasteiger partial charge in [-0.05, 0) is 72.2 Å². The Morgan fingerprint density at radius 3 is 1.41 bits per heavy atom. The number of hydrogen-bond acceptors (Lipinski definition) is 3. The van der Waals surface area contributed by atoms with Gasteiger partial charge in [0, 0.05) is 0 Å². The van der Waals surface area contributed by atoms with Gasteiger partial charge in [0.2, 0.25) is 0 Å². The third-order valence-corrected chi connectivity index (χ3v) is 7.81. The molecule has 0 fully saturated rings. The van der Waals surface area contributed by atoms with E-state index in [1.807, 2.05) is 54.6 Å². The summed E-state index contributed by atoms with van der Waals surface area (Å²) in [5.74, 6) is 1.34. The van der Waals surface area contributed by atoms with E-state index in [0.717, 1.165) is 62.5 Å². The molecule has 0 atom stereocenters. The summed E-state index contributed by atoms with van der Waals surface area (Å²) >= 11 is 0. The van der Waals surface area contributed by atoms with Crippen LogP contribution in [0.2, 0.25) is 0 Å². The normalized spacial score (nSPS) is 11.4. The Kier molecular flexibility index (Phi) is 9.84. The zero-order valence-corrected chi connectivity index (χ0v) is 22.1. The first kappa shape index (κ1) is 26.1. The second-order valence-corrected chi connectivity index (χ2v) is 10.7. The molecule has 0 aliphatic rings. The summed E-state index contributed by atoms with van der Waals surface area (Å²) in [4.78, 5) is 0. The van der Waals surface area contributed by atoms with E-state index in [1.54, 1.807) is 0 Å². The van der Waals surface area contributed by atoms with Crippen LogP contribution in [0.5, 0.6) is 11.5 Å². The van der Waals surface area contributed by atoms with Crippen LogP contribution in [-0.2, 0) is 30.2 Å². The van der Waals surface area contributed by atoms with Gasteiger partial charge in [0.15, 0.2) is 0 Å². The molecule has 3 aromatic rings. The average Bonchev–Trinajstić information content (AvgIpc) is 2.84. The Labute approximate surface area is 206 Å². The Balaban J connectivity index is 2.10. The van der Waals surface area contributed by atoms with Crippen molar-refractivity contribution in [3.63, 3.8) is 0 Å². The third-order valence-electron chi connectivity index (χ3n) is 6.01. The number of benzene rings is 3. The molecule has 0 spiro atoms. The SMILES string of the molecule is CCCc1cccc(OP(=O)(Oc2cccc(CCC)c2CCC)c2ccccc2)c1CCC. The maximum Gasteiger partial charge on any atom is 0.462 e. The van der Waals surface area contributed by atoms with Crippen LogP contribution in [0.4, 0.5) is 0 Å². The second-order valence-electron chi connectivity index (χ2n) is 8.80. The highest BCUT2D eigenvalue weighted by molar-refractivity contribution is 7.63. The van der Waals surface area contributed by atoms with Gasteiger partial charge >= 0.3 is 7.60 Å². The molecule has 3 nitrogen and oxygen atoms in total. The summed E-state index contributed by atoms with van der Waals surface area (Å²) in [5, 5.41) is 0.571. The molecule has 0 saturated heterocycles. The van der Waals surface area contributed by atoms with E-state index in [2.05, 4.69) is 39.8 Å². The van der Waals surface area contributed by atoms with Gasteiger partial charge in [-0.15, -0.1) is 0 Å². The summed E-state index contributed by atoms with van der Waals surface area (Å²) < 4.78 is 27.4. The summed E-state index contributed by atoms with van der Waals surface area (Å²) in [6.07, 6.45) is 7.81. The van der Waals surface area contributed by atoms with Gasteiger partial charge in [-0.2, -0.15) is 0 Å². The number of aryl methyl sites for hydroxylation is 2. The molecule has 0 heterocycles. The zero-order valence-electron chi connectivity index (χ0n) is 21.2. The predicted molar refractivity (Wildman–Crippen MR) is 144 cm³/mol. The van der Waals surface area contributed by atoms with Gasteiger partial charge in [-0.25, -0.2) is 4.57 Å². The molecule has 0 aliphatic heterocycles. The lowest BCUT2D eigenvalue weighted by molar-refractivity contribution is 0.395. The van der Waals surface area contributed by atoms with Crippen LogP contribution in [0.15, 0.2) is 66.7 Å². The highest BCUT2D eigenvalue weighted by Crippen LogP contribution is 2.50. The maximum absolute atomic E-state index is 14.6. The zero-order chi connectivity index (χ0) is 24.4. The van der Waals surface area contributed by atoms with Crippen molar-refractivity contribution < 1.29 is 13.6 Å².